The van der Waals surface area contributed by atoms with Crippen molar-refractivity contribution in [2.24, 2.45) is 17.1 Å². The fourth-order valence-corrected chi connectivity index (χ4v) is 3.67. The lowest BCUT2D eigenvalue weighted by molar-refractivity contribution is 0.228. The molecule has 1 heterocycles. The summed E-state index contributed by atoms with van der Waals surface area (Å²) in [5.74, 6) is 0.450. The highest BCUT2D eigenvalue weighted by molar-refractivity contribution is 7.88. The Hall–Kier alpha value is -0.130. The lowest BCUT2D eigenvalue weighted by Gasteiger charge is -2.33. The molecule has 1 aliphatic heterocycles. The van der Waals surface area contributed by atoms with Crippen molar-refractivity contribution < 1.29 is 8.42 Å². The van der Waals surface area contributed by atoms with Gasteiger partial charge in [0.15, 0.2) is 0 Å². The summed E-state index contributed by atoms with van der Waals surface area (Å²) >= 11 is 0. The molecule has 100 valence electrons. The molecule has 1 aliphatic carbocycles. The highest BCUT2D eigenvalue weighted by Gasteiger charge is 2.43. The van der Waals surface area contributed by atoms with E-state index in [-0.39, 0.29) is 6.04 Å². The fourth-order valence-electron chi connectivity index (χ4n) is 2.73. The van der Waals surface area contributed by atoms with Crippen LogP contribution in [-0.2, 0) is 10.0 Å². The molecule has 0 aromatic rings. The Bertz CT molecular complexity index is 376. The van der Waals surface area contributed by atoms with Crippen molar-refractivity contribution in [2.45, 2.75) is 45.1 Å². The number of hydrogen-bond donors (Lipinski definition) is 1. The normalized spacial score (nSPS) is 31.1. The second-order valence-electron chi connectivity index (χ2n) is 6.13. The zero-order chi connectivity index (χ0) is 12.7. The number of hydrogen-bond acceptors (Lipinski definition) is 3. The van der Waals surface area contributed by atoms with Crippen molar-refractivity contribution in [1.29, 1.82) is 0 Å². The van der Waals surface area contributed by atoms with Gasteiger partial charge in [0, 0.05) is 19.1 Å². The van der Waals surface area contributed by atoms with E-state index in [4.69, 9.17) is 5.73 Å². The van der Waals surface area contributed by atoms with Gasteiger partial charge in [-0.2, -0.15) is 0 Å². The Morgan fingerprint density at radius 2 is 2.12 bits per heavy atom. The van der Waals surface area contributed by atoms with Gasteiger partial charge in [0.2, 0.25) is 10.0 Å². The predicted octanol–water partition coefficient (Wildman–Crippen LogP) is 1.18. The van der Waals surface area contributed by atoms with Crippen LogP contribution >= 0.6 is 0 Å². The minimum absolute atomic E-state index is 0.243. The first-order valence-electron chi connectivity index (χ1n) is 6.52. The minimum atomic E-state index is -3.02. The molecule has 2 aliphatic rings. The van der Waals surface area contributed by atoms with Crippen molar-refractivity contribution >= 4 is 10.0 Å². The van der Waals surface area contributed by atoms with Crippen LogP contribution in [0.3, 0.4) is 0 Å². The molecular formula is C12H24N2O2S. The molecule has 2 atom stereocenters. The Kier molecular flexibility index (Phi) is 3.54. The van der Waals surface area contributed by atoms with Crippen LogP contribution in [0.2, 0.25) is 0 Å². The van der Waals surface area contributed by atoms with E-state index in [1.54, 1.807) is 4.31 Å². The van der Waals surface area contributed by atoms with E-state index in [9.17, 15) is 8.42 Å². The molecule has 0 aromatic heterocycles. The summed E-state index contributed by atoms with van der Waals surface area (Å²) in [6, 6.07) is 0.243. The second kappa shape index (κ2) is 4.52. The van der Waals surface area contributed by atoms with Gasteiger partial charge in [-0.05, 0) is 43.4 Å². The van der Waals surface area contributed by atoms with Gasteiger partial charge in [-0.1, -0.05) is 6.92 Å². The van der Waals surface area contributed by atoms with Crippen molar-refractivity contribution in [1.82, 2.24) is 4.31 Å². The highest BCUT2D eigenvalue weighted by atomic mass is 32.2. The van der Waals surface area contributed by atoms with Crippen molar-refractivity contribution in [2.75, 3.05) is 19.3 Å². The lowest BCUT2D eigenvalue weighted by Crippen LogP contribution is -2.42. The van der Waals surface area contributed by atoms with Gasteiger partial charge in [-0.15, -0.1) is 0 Å². The topological polar surface area (TPSA) is 63.4 Å². The van der Waals surface area contributed by atoms with E-state index in [2.05, 4.69) is 6.92 Å². The Labute approximate surface area is 105 Å². The first-order chi connectivity index (χ1) is 7.81. The number of sulfonamides is 1. The highest BCUT2D eigenvalue weighted by Crippen LogP contribution is 2.49. The van der Waals surface area contributed by atoms with Crippen LogP contribution in [0.15, 0.2) is 0 Å². The number of piperidine rings is 1. The third-order valence-corrected chi connectivity index (χ3v) is 5.74. The van der Waals surface area contributed by atoms with E-state index in [0.29, 0.717) is 24.4 Å². The van der Waals surface area contributed by atoms with Gasteiger partial charge in [-0.25, -0.2) is 12.7 Å². The standard InChI is InChI=1S/C12H24N2O2S/c1-12(5-6-12)11(13)8-10-4-3-7-14(9-10)17(2,15)16/h10-11H,3-9,13H2,1-2H3. The largest absolute Gasteiger partial charge is 0.327 e. The van der Waals surface area contributed by atoms with E-state index >= 15 is 0 Å². The number of rotatable bonds is 4. The molecule has 0 bridgehead atoms. The molecule has 2 fully saturated rings. The second-order valence-corrected chi connectivity index (χ2v) is 8.11. The molecule has 5 heteroatoms. The molecule has 4 nitrogen and oxygen atoms in total. The van der Waals surface area contributed by atoms with Crippen molar-refractivity contribution in [3.05, 3.63) is 0 Å². The molecular weight excluding hydrogens is 236 g/mol. The lowest BCUT2D eigenvalue weighted by atomic mass is 9.86. The maximum atomic E-state index is 11.5. The fraction of sp³-hybridized carbons (Fsp3) is 1.00. The summed E-state index contributed by atoms with van der Waals surface area (Å²) in [6.07, 6.45) is 6.84. The summed E-state index contributed by atoms with van der Waals surface area (Å²) in [5, 5.41) is 0. The Morgan fingerprint density at radius 3 is 2.65 bits per heavy atom. The molecule has 2 unspecified atom stereocenters. The monoisotopic (exact) mass is 260 g/mol. The third-order valence-electron chi connectivity index (χ3n) is 4.47. The van der Waals surface area contributed by atoms with E-state index in [1.165, 1.54) is 19.1 Å². The van der Waals surface area contributed by atoms with Gasteiger partial charge < -0.3 is 5.73 Å². The predicted molar refractivity (Wildman–Crippen MR) is 69.1 cm³/mol. The number of nitrogens with two attached hydrogens (primary N) is 1. The third kappa shape index (κ3) is 3.20. The molecule has 0 aromatic carbocycles. The summed E-state index contributed by atoms with van der Waals surface area (Å²) < 4.78 is 24.7. The van der Waals surface area contributed by atoms with E-state index in [0.717, 1.165) is 19.3 Å². The number of nitrogens with zero attached hydrogens (tertiary/aromatic N) is 1. The molecule has 0 spiro atoms. The van der Waals surface area contributed by atoms with E-state index in [1.807, 2.05) is 0 Å². The van der Waals surface area contributed by atoms with Gasteiger partial charge in [0.1, 0.15) is 0 Å². The SMILES string of the molecule is CC1(C(N)CC2CCCN(S(C)(=O)=O)C2)CC1. The molecule has 2 rings (SSSR count). The average molecular weight is 260 g/mol. The summed E-state index contributed by atoms with van der Waals surface area (Å²) in [6.45, 7) is 3.60. The summed E-state index contributed by atoms with van der Waals surface area (Å²) in [4.78, 5) is 0. The molecule has 0 radical (unpaired) electrons. The maximum Gasteiger partial charge on any atom is 0.211 e. The first-order valence-corrected chi connectivity index (χ1v) is 8.37. The van der Waals surface area contributed by atoms with Crippen LogP contribution in [0, 0.1) is 11.3 Å². The van der Waals surface area contributed by atoms with Gasteiger partial charge in [0.25, 0.3) is 0 Å². The quantitative estimate of drug-likeness (QED) is 0.825. The van der Waals surface area contributed by atoms with Crippen molar-refractivity contribution in [3.63, 3.8) is 0 Å². The van der Waals surface area contributed by atoms with Crippen LogP contribution in [0.25, 0.3) is 0 Å². The molecule has 0 amide bonds. The molecule has 2 N–H and O–H groups in total. The van der Waals surface area contributed by atoms with Crippen LogP contribution < -0.4 is 5.73 Å². The van der Waals surface area contributed by atoms with Gasteiger partial charge in [0.05, 0.1) is 6.26 Å². The van der Waals surface area contributed by atoms with Gasteiger partial charge in [-0.3, -0.25) is 0 Å². The van der Waals surface area contributed by atoms with Crippen LogP contribution in [-0.4, -0.2) is 38.1 Å². The zero-order valence-electron chi connectivity index (χ0n) is 10.9. The summed E-state index contributed by atoms with van der Waals surface area (Å²) in [7, 11) is -3.02. The average Bonchev–Trinajstić information content (AvgIpc) is 2.97. The van der Waals surface area contributed by atoms with Crippen molar-refractivity contribution in [3.8, 4) is 0 Å². The molecule has 17 heavy (non-hydrogen) atoms. The smallest absolute Gasteiger partial charge is 0.211 e. The van der Waals surface area contributed by atoms with E-state index < -0.39 is 10.0 Å². The molecule has 1 saturated heterocycles. The van der Waals surface area contributed by atoms with Crippen LogP contribution in [0.5, 0.6) is 0 Å². The first kappa shape index (κ1) is 13.3. The zero-order valence-corrected chi connectivity index (χ0v) is 11.7. The van der Waals surface area contributed by atoms with Gasteiger partial charge >= 0.3 is 0 Å². The maximum absolute atomic E-state index is 11.5. The van der Waals surface area contributed by atoms with Crippen LogP contribution in [0.4, 0.5) is 0 Å². The van der Waals surface area contributed by atoms with Crippen LogP contribution in [0.1, 0.15) is 39.0 Å². The minimum Gasteiger partial charge on any atom is -0.327 e. The molecule has 1 saturated carbocycles. The summed E-state index contributed by atoms with van der Waals surface area (Å²) in [5.41, 5.74) is 6.57. The Balaban J connectivity index is 1.89. The Morgan fingerprint density at radius 1 is 1.47 bits per heavy atom.